The number of hydrogen-bond acceptors (Lipinski definition) is 0. The number of fused-ring (bicyclic) bond motifs is 7. The van der Waals surface area contributed by atoms with Crippen LogP contribution in [-0.4, -0.2) is 0 Å². The van der Waals surface area contributed by atoms with Crippen molar-refractivity contribution in [2.24, 2.45) is 0 Å². The molecule has 0 atom stereocenters. The lowest BCUT2D eigenvalue weighted by Gasteiger charge is -2.19. The van der Waals surface area contributed by atoms with E-state index in [1.807, 2.05) is 0 Å². The lowest BCUT2D eigenvalue weighted by atomic mass is 9.84. The largest absolute Gasteiger partial charge is 0.0563 e. The minimum absolute atomic E-state index is 1.29. The molecule has 0 saturated carbocycles. The summed E-state index contributed by atoms with van der Waals surface area (Å²) < 4.78 is 0. The highest BCUT2D eigenvalue weighted by molar-refractivity contribution is 6.51. The number of hydrogen-bond donors (Lipinski definition) is 0. The minimum atomic E-state index is 1.29. The molecular formula is C66H48. The molecule has 0 aromatic heterocycles. The predicted molar refractivity (Wildman–Crippen MR) is 288 cm³/mol. The van der Waals surface area contributed by atoms with Crippen molar-refractivity contribution in [2.45, 2.75) is 55.4 Å². The number of aryl methyl sites for hydroxylation is 8. The number of benzene rings is 12. The summed E-state index contributed by atoms with van der Waals surface area (Å²) in [7, 11) is 0. The Balaban J connectivity index is 1.17. The third kappa shape index (κ3) is 5.05. The van der Waals surface area contributed by atoms with Crippen LogP contribution in [0.3, 0.4) is 0 Å². The molecule has 14 rings (SSSR count). The molecule has 0 radical (unpaired) electrons. The molecule has 0 saturated heterocycles. The van der Waals surface area contributed by atoms with E-state index in [1.165, 1.54) is 186 Å². The molecule has 0 aliphatic carbocycles. The summed E-state index contributed by atoms with van der Waals surface area (Å²) in [4.78, 5) is 0. The zero-order valence-corrected chi connectivity index (χ0v) is 38.9. The van der Waals surface area contributed by atoms with E-state index in [9.17, 15) is 0 Å². The highest BCUT2D eigenvalue weighted by Gasteiger charge is 2.28. The van der Waals surface area contributed by atoms with Gasteiger partial charge >= 0.3 is 0 Å². The Labute approximate surface area is 385 Å². The van der Waals surface area contributed by atoms with Crippen molar-refractivity contribution in [1.29, 1.82) is 0 Å². The van der Waals surface area contributed by atoms with Gasteiger partial charge in [0.25, 0.3) is 0 Å². The molecule has 0 amide bonds. The first-order chi connectivity index (χ1) is 32.0. The Morgan fingerprint density at radius 1 is 0.182 bits per heavy atom. The van der Waals surface area contributed by atoms with E-state index in [-0.39, 0.29) is 0 Å². The maximum atomic E-state index is 2.55. The molecule has 0 spiro atoms. The molecule has 0 bridgehead atoms. The molecule has 0 N–H and O–H groups in total. The highest BCUT2D eigenvalue weighted by atomic mass is 14.3. The van der Waals surface area contributed by atoms with Crippen LogP contribution in [0.2, 0.25) is 0 Å². The molecular weight excluding hydrogens is 793 g/mol. The van der Waals surface area contributed by atoms with Crippen molar-refractivity contribution in [3.8, 4) is 44.5 Å². The van der Waals surface area contributed by atoms with E-state index in [2.05, 4.69) is 201 Å². The second-order valence-electron chi connectivity index (χ2n) is 20.3. The molecule has 0 aliphatic rings. The van der Waals surface area contributed by atoms with Crippen molar-refractivity contribution >= 4 is 97.0 Å². The summed E-state index contributed by atoms with van der Waals surface area (Å²) in [5.74, 6) is 0. The first kappa shape index (κ1) is 37.8. The molecule has 0 heterocycles. The Morgan fingerprint density at radius 2 is 0.439 bits per heavy atom. The number of rotatable bonds is 4. The van der Waals surface area contributed by atoms with Gasteiger partial charge in [0.2, 0.25) is 0 Å². The van der Waals surface area contributed by atoms with Crippen LogP contribution in [-0.2, 0) is 0 Å². The van der Waals surface area contributed by atoms with E-state index in [4.69, 9.17) is 0 Å². The summed E-state index contributed by atoms with van der Waals surface area (Å²) in [6.07, 6.45) is 0. The smallest absolute Gasteiger partial charge is 0.000761 e. The Kier molecular flexibility index (Phi) is 7.48. The summed E-state index contributed by atoms with van der Waals surface area (Å²) >= 11 is 0. The van der Waals surface area contributed by atoms with Crippen LogP contribution in [0, 0.1) is 55.4 Å². The van der Waals surface area contributed by atoms with Gasteiger partial charge in [-0.25, -0.2) is 0 Å². The third-order valence-electron chi connectivity index (χ3n) is 15.2. The third-order valence-corrected chi connectivity index (χ3v) is 15.2. The van der Waals surface area contributed by atoms with Gasteiger partial charge in [-0.2, -0.15) is 0 Å². The normalized spacial score (nSPS) is 12.5. The second-order valence-corrected chi connectivity index (χ2v) is 20.3. The highest BCUT2D eigenvalue weighted by Crippen LogP contribution is 2.56. The van der Waals surface area contributed by atoms with Gasteiger partial charge in [0.15, 0.2) is 0 Å². The molecule has 66 heavy (non-hydrogen) atoms. The van der Waals surface area contributed by atoms with E-state index < -0.39 is 0 Å². The zero-order chi connectivity index (χ0) is 44.6. The molecule has 0 nitrogen and oxygen atoms in total. The first-order valence-corrected chi connectivity index (χ1v) is 23.6. The van der Waals surface area contributed by atoms with Gasteiger partial charge in [0.05, 0.1) is 0 Å². The van der Waals surface area contributed by atoms with Crippen molar-refractivity contribution < 1.29 is 0 Å². The van der Waals surface area contributed by atoms with Gasteiger partial charge in [0.1, 0.15) is 0 Å². The average molecular weight is 841 g/mol. The van der Waals surface area contributed by atoms with E-state index in [0.29, 0.717) is 0 Å². The van der Waals surface area contributed by atoms with Gasteiger partial charge in [0, 0.05) is 0 Å². The van der Waals surface area contributed by atoms with Crippen LogP contribution < -0.4 is 0 Å². The molecule has 14 aromatic rings. The maximum Gasteiger partial charge on any atom is -0.000761 e. The van der Waals surface area contributed by atoms with Crippen LogP contribution in [0.25, 0.3) is 141 Å². The minimum Gasteiger partial charge on any atom is -0.0563 e. The molecule has 0 aliphatic heterocycles. The van der Waals surface area contributed by atoms with Crippen molar-refractivity contribution in [1.82, 2.24) is 0 Å². The lowest BCUT2D eigenvalue weighted by molar-refractivity contribution is 1.38. The van der Waals surface area contributed by atoms with Crippen LogP contribution >= 0.6 is 0 Å². The summed E-state index contributed by atoms with van der Waals surface area (Å²) in [5.41, 5.74) is 20.7. The van der Waals surface area contributed by atoms with Crippen LogP contribution in [0.1, 0.15) is 44.5 Å². The molecule has 0 unspecified atom stereocenters. The van der Waals surface area contributed by atoms with Crippen molar-refractivity contribution in [2.75, 3.05) is 0 Å². The fourth-order valence-electron chi connectivity index (χ4n) is 13.2. The topological polar surface area (TPSA) is 0 Å². The predicted octanol–water partition coefficient (Wildman–Crippen LogP) is 19.0. The Morgan fingerprint density at radius 3 is 0.727 bits per heavy atom. The molecule has 312 valence electrons. The monoisotopic (exact) mass is 840 g/mol. The van der Waals surface area contributed by atoms with Crippen molar-refractivity contribution in [3.05, 3.63) is 190 Å². The van der Waals surface area contributed by atoms with E-state index in [0.717, 1.165) is 0 Å². The van der Waals surface area contributed by atoms with Crippen LogP contribution in [0.5, 0.6) is 0 Å². The van der Waals surface area contributed by atoms with E-state index in [1.54, 1.807) is 0 Å². The lowest BCUT2D eigenvalue weighted by Crippen LogP contribution is -1.90. The van der Waals surface area contributed by atoms with Gasteiger partial charge in [-0.3, -0.25) is 0 Å². The summed E-state index contributed by atoms with van der Waals surface area (Å²) in [6.45, 7) is 17.8. The van der Waals surface area contributed by atoms with Crippen LogP contribution in [0.15, 0.2) is 146 Å². The van der Waals surface area contributed by atoms with Gasteiger partial charge < -0.3 is 0 Å². The maximum absolute atomic E-state index is 2.55. The van der Waals surface area contributed by atoms with Gasteiger partial charge in [-0.15, -0.1) is 0 Å². The Bertz CT molecular complexity index is 4040. The average Bonchev–Trinajstić information content (AvgIpc) is 3.79. The summed E-state index contributed by atoms with van der Waals surface area (Å²) in [6, 6.07) is 57.6. The molecule has 14 aromatic carbocycles. The Hall–Kier alpha value is -7.54. The van der Waals surface area contributed by atoms with Gasteiger partial charge in [-0.1, -0.05) is 178 Å². The quantitative estimate of drug-likeness (QED) is 0.122. The summed E-state index contributed by atoms with van der Waals surface area (Å²) in [5, 5.41) is 24.5. The SMILES string of the molecule is Cc1cc(C)cc(-c2ccc(-c3cc(C)cc(C)c3)c3c4cc5ccc6cc7c8c(-c9cc(C)cc(C)c9)ccc(-c9cc(C)cc(C)c9)c8c8ccc9c%10ccc(c23)c4c%10c5c6c9c87)c1. The van der Waals surface area contributed by atoms with E-state index >= 15 is 0 Å². The molecule has 0 heteroatoms. The van der Waals surface area contributed by atoms with Gasteiger partial charge in [-0.05, 0) is 209 Å². The standard InChI is InChI=1S/C66H48/c1-33-19-34(2)24-43(23-33)47-11-13-49(45-27-37(5)21-38(6)28-45)61-55-31-41-9-10-42-32-56-62-50(46-29-39(7)22-40(8)30-46)14-12-48(44-25-35(3)20-36(4)26-44)60(62)54-18-16-52-51-15-17-53(59(47)61)63(55)65(51)57(41)58(42)66(52)64(54)56/h9-32H,1-8H3. The first-order valence-electron chi connectivity index (χ1n) is 23.6. The molecule has 0 fully saturated rings. The zero-order valence-electron chi connectivity index (χ0n) is 38.9. The second kappa shape index (κ2) is 13.1. The van der Waals surface area contributed by atoms with Crippen molar-refractivity contribution in [3.63, 3.8) is 0 Å². The fraction of sp³-hybridized carbons (Fsp3) is 0.121. The fourth-order valence-corrected chi connectivity index (χ4v) is 13.2. The van der Waals surface area contributed by atoms with Crippen LogP contribution in [0.4, 0.5) is 0 Å².